The fourth-order valence-electron chi connectivity index (χ4n) is 4.76. The molecule has 0 spiro atoms. The average Bonchev–Trinajstić information content (AvgIpc) is 3.40. The Bertz CT molecular complexity index is 1760. The predicted octanol–water partition coefficient (Wildman–Crippen LogP) is 4.59. The predicted molar refractivity (Wildman–Crippen MR) is 135 cm³/mol. The lowest BCUT2D eigenvalue weighted by molar-refractivity contribution is 0.146. The van der Waals surface area contributed by atoms with Crippen molar-refractivity contribution >= 4 is 11.5 Å². The van der Waals surface area contributed by atoms with Crippen LogP contribution < -0.4 is 10.5 Å². The first-order valence-electron chi connectivity index (χ1n) is 12.0. The molecule has 38 heavy (non-hydrogen) atoms. The number of para-hydroxylation sites is 1. The van der Waals surface area contributed by atoms with Crippen molar-refractivity contribution in [3.63, 3.8) is 0 Å². The zero-order chi connectivity index (χ0) is 26.6. The van der Waals surface area contributed by atoms with E-state index in [-0.39, 0.29) is 11.5 Å². The molecule has 0 radical (unpaired) electrons. The van der Waals surface area contributed by atoms with Crippen molar-refractivity contribution in [1.82, 2.24) is 29.4 Å². The number of fused-ring (bicyclic) bond motifs is 2. The highest BCUT2D eigenvalue weighted by Gasteiger charge is 2.24. The minimum absolute atomic E-state index is 0.127. The minimum atomic E-state index is -2.84. The number of anilines is 1. The van der Waals surface area contributed by atoms with Crippen LogP contribution in [0.1, 0.15) is 34.5 Å². The van der Waals surface area contributed by atoms with Crippen molar-refractivity contribution in [3.05, 3.63) is 99.2 Å². The molecule has 0 saturated carbocycles. The third-order valence-electron chi connectivity index (χ3n) is 6.92. The van der Waals surface area contributed by atoms with E-state index in [4.69, 9.17) is 0 Å². The number of benzene rings is 1. The van der Waals surface area contributed by atoms with E-state index in [2.05, 4.69) is 20.2 Å². The highest BCUT2D eigenvalue weighted by molar-refractivity contribution is 5.64. The first kappa shape index (κ1) is 23.8. The Morgan fingerprint density at radius 2 is 1.84 bits per heavy atom. The third-order valence-corrected chi connectivity index (χ3v) is 6.92. The van der Waals surface area contributed by atoms with Gasteiger partial charge in [0.15, 0.2) is 11.5 Å². The summed E-state index contributed by atoms with van der Waals surface area (Å²) in [4.78, 5) is 23.3. The molecule has 1 aliphatic rings. The number of pyridine rings is 1. The first-order chi connectivity index (χ1) is 18.3. The molecule has 6 rings (SSSR count). The van der Waals surface area contributed by atoms with Crippen molar-refractivity contribution in [2.45, 2.75) is 33.2 Å². The summed E-state index contributed by atoms with van der Waals surface area (Å²) in [6.45, 7) is 4.72. The maximum Gasteiger partial charge on any atom is 0.280 e. The Morgan fingerprint density at radius 3 is 2.63 bits per heavy atom. The molecule has 4 aromatic heterocycles. The van der Waals surface area contributed by atoms with Gasteiger partial charge in [-0.15, -0.1) is 5.10 Å². The van der Waals surface area contributed by atoms with E-state index in [1.165, 1.54) is 10.7 Å². The summed E-state index contributed by atoms with van der Waals surface area (Å²) in [5.41, 5.74) is 4.24. The molecular weight excluding hydrogens is 495 g/mol. The van der Waals surface area contributed by atoms with Gasteiger partial charge < -0.3 is 4.90 Å². The van der Waals surface area contributed by atoms with E-state index in [1.807, 2.05) is 17.9 Å². The van der Waals surface area contributed by atoms with E-state index in [1.54, 1.807) is 43.7 Å². The molecule has 1 aliphatic heterocycles. The van der Waals surface area contributed by atoms with Crippen molar-refractivity contribution in [2.24, 2.45) is 0 Å². The molecule has 0 aliphatic carbocycles. The van der Waals surface area contributed by atoms with Gasteiger partial charge in [-0.2, -0.15) is 9.61 Å². The molecule has 0 saturated heterocycles. The van der Waals surface area contributed by atoms with Crippen LogP contribution >= 0.6 is 0 Å². The second-order valence-electron chi connectivity index (χ2n) is 9.26. The second-order valence-corrected chi connectivity index (χ2v) is 9.26. The maximum atomic E-state index is 14.2. The van der Waals surface area contributed by atoms with Gasteiger partial charge in [0.25, 0.3) is 12.0 Å². The van der Waals surface area contributed by atoms with Crippen LogP contribution in [0.2, 0.25) is 0 Å². The summed E-state index contributed by atoms with van der Waals surface area (Å²) in [5.74, 6) is 0.224. The number of halogens is 3. The van der Waals surface area contributed by atoms with Crippen LogP contribution in [0.5, 0.6) is 0 Å². The lowest BCUT2D eigenvalue weighted by Crippen LogP contribution is -2.34. The summed E-state index contributed by atoms with van der Waals surface area (Å²) < 4.78 is 43.2. The molecule has 5 heterocycles. The van der Waals surface area contributed by atoms with Gasteiger partial charge in [0, 0.05) is 65.9 Å². The molecule has 0 atom stereocenters. The quantitative estimate of drug-likeness (QED) is 0.347. The average molecular weight is 518 g/mol. The zero-order valence-corrected chi connectivity index (χ0v) is 20.6. The molecule has 0 N–H and O–H groups in total. The Morgan fingerprint density at radius 1 is 1.03 bits per heavy atom. The number of hydrogen-bond acceptors (Lipinski definition) is 6. The SMILES string of the molecule is Cc1c(N2CCc3ncc(-c4cnn(-c5ccccc5F)c4)cc3C2)nn2c(=O)cc(C(F)F)nc2c1C. The molecule has 192 valence electrons. The summed E-state index contributed by atoms with van der Waals surface area (Å²) in [5, 5.41) is 8.83. The van der Waals surface area contributed by atoms with Crippen LogP contribution in [0.4, 0.5) is 19.0 Å². The lowest BCUT2D eigenvalue weighted by atomic mass is 10.0. The van der Waals surface area contributed by atoms with Gasteiger partial charge in [-0.3, -0.25) is 9.78 Å². The standard InChI is InChI=1S/C27H22F3N7O/c1-15-16(2)27(34-37-24(38)10-22(25(29)30)33-26(15)37)35-8-7-21-18(13-35)9-17(11-31-21)19-12-32-36(14-19)23-6-4-3-5-20(23)28/h3-6,9-12,14,25H,7-8,13H2,1-2H3. The Kier molecular flexibility index (Phi) is 5.70. The van der Waals surface area contributed by atoms with E-state index in [9.17, 15) is 18.0 Å². The van der Waals surface area contributed by atoms with Gasteiger partial charge >= 0.3 is 0 Å². The van der Waals surface area contributed by atoms with Gasteiger partial charge in [0.2, 0.25) is 0 Å². The van der Waals surface area contributed by atoms with Gasteiger partial charge in [-0.1, -0.05) is 12.1 Å². The molecule has 8 nitrogen and oxygen atoms in total. The fourth-order valence-corrected chi connectivity index (χ4v) is 4.76. The van der Waals surface area contributed by atoms with Gasteiger partial charge in [-0.05, 0) is 37.6 Å². The number of aryl methyl sites for hydroxylation is 1. The maximum absolute atomic E-state index is 14.2. The summed E-state index contributed by atoms with van der Waals surface area (Å²) in [6, 6.07) is 9.28. The summed E-state index contributed by atoms with van der Waals surface area (Å²) in [7, 11) is 0. The molecule has 0 bridgehead atoms. The highest BCUT2D eigenvalue weighted by Crippen LogP contribution is 2.30. The second kappa shape index (κ2) is 9.09. The topological polar surface area (TPSA) is 81.2 Å². The zero-order valence-electron chi connectivity index (χ0n) is 20.6. The normalized spacial score (nSPS) is 13.4. The molecule has 5 aromatic rings. The Hall–Kier alpha value is -4.54. The number of alkyl halides is 2. The largest absolute Gasteiger partial charge is 0.350 e. The third kappa shape index (κ3) is 4.00. The number of aromatic nitrogens is 6. The molecular formula is C27H22F3N7O. The van der Waals surface area contributed by atoms with Crippen LogP contribution in [-0.4, -0.2) is 35.9 Å². The van der Waals surface area contributed by atoms with E-state index < -0.39 is 17.7 Å². The van der Waals surface area contributed by atoms with Crippen molar-refractivity contribution in [1.29, 1.82) is 0 Å². The number of rotatable bonds is 4. The monoisotopic (exact) mass is 517 g/mol. The van der Waals surface area contributed by atoms with Gasteiger partial charge in [-0.25, -0.2) is 22.8 Å². The Balaban J connectivity index is 1.34. The van der Waals surface area contributed by atoms with Crippen LogP contribution in [0.15, 0.2) is 59.8 Å². The van der Waals surface area contributed by atoms with Crippen molar-refractivity contribution in [2.75, 3.05) is 11.4 Å². The highest BCUT2D eigenvalue weighted by atomic mass is 19.3. The lowest BCUT2D eigenvalue weighted by Gasteiger charge is -2.31. The van der Waals surface area contributed by atoms with Gasteiger partial charge in [0.1, 0.15) is 17.2 Å². The molecule has 0 unspecified atom stereocenters. The van der Waals surface area contributed by atoms with Crippen LogP contribution in [0.3, 0.4) is 0 Å². The fraction of sp³-hybridized carbons (Fsp3) is 0.222. The van der Waals surface area contributed by atoms with Crippen molar-refractivity contribution in [3.8, 4) is 16.8 Å². The van der Waals surface area contributed by atoms with Gasteiger partial charge in [0.05, 0.1) is 6.20 Å². The first-order valence-corrected chi connectivity index (χ1v) is 12.0. The van der Waals surface area contributed by atoms with Crippen LogP contribution in [-0.2, 0) is 13.0 Å². The van der Waals surface area contributed by atoms with Crippen LogP contribution in [0, 0.1) is 19.7 Å². The van der Waals surface area contributed by atoms with Crippen LogP contribution in [0.25, 0.3) is 22.5 Å². The molecule has 11 heteroatoms. The number of nitrogens with zero attached hydrogens (tertiary/aromatic N) is 7. The summed E-state index contributed by atoms with van der Waals surface area (Å²) >= 11 is 0. The smallest absolute Gasteiger partial charge is 0.280 e. The van der Waals surface area contributed by atoms with E-state index in [0.29, 0.717) is 36.6 Å². The molecule has 0 amide bonds. The van der Waals surface area contributed by atoms with E-state index >= 15 is 0 Å². The number of hydrogen-bond donors (Lipinski definition) is 0. The molecule has 0 fully saturated rings. The van der Waals surface area contributed by atoms with E-state index in [0.717, 1.165) is 38.5 Å². The Labute approximate surface area is 215 Å². The van der Waals surface area contributed by atoms with Crippen molar-refractivity contribution < 1.29 is 13.2 Å². The molecule has 1 aromatic carbocycles. The summed E-state index contributed by atoms with van der Waals surface area (Å²) in [6.07, 6.45) is 3.04. The minimum Gasteiger partial charge on any atom is -0.350 e.